The molecule has 0 amide bonds. The highest BCUT2D eigenvalue weighted by Gasteiger charge is 2.27. The van der Waals surface area contributed by atoms with Crippen LogP contribution in [0.15, 0.2) is 30.6 Å². The topological polar surface area (TPSA) is 76.5 Å². The number of rotatable bonds is 2. The Morgan fingerprint density at radius 1 is 1.03 bits per heavy atom. The summed E-state index contributed by atoms with van der Waals surface area (Å²) in [5.41, 5.74) is 3.93. The lowest BCUT2D eigenvalue weighted by Gasteiger charge is -2.32. The maximum atomic E-state index is 4.86. The van der Waals surface area contributed by atoms with Crippen LogP contribution in [-0.4, -0.2) is 47.5 Å². The van der Waals surface area contributed by atoms with E-state index in [-0.39, 0.29) is 5.41 Å². The van der Waals surface area contributed by atoms with Gasteiger partial charge in [-0.05, 0) is 38.0 Å². The van der Waals surface area contributed by atoms with Gasteiger partial charge in [0.1, 0.15) is 5.52 Å². The molecule has 0 N–H and O–H groups in total. The predicted molar refractivity (Wildman–Crippen MR) is 111 cm³/mol. The van der Waals surface area contributed by atoms with Gasteiger partial charge in [-0.15, -0.1) is 10.2 Å². The first-order chi connectivity index (χ1) is 13.9. The molecule has 5 heterocycles. The lowest BCUT2D eigenvalue weighted by atomic mass is 9.92. The average molecular weight is 390 g/mol. The minimum absolute atomic E-state index is 0.00712. The van der Waals surface area contributed by atoms with E-state index in [2.05, 4.69) is 58.1 Å². The van der Waals surface area contributed by atoms with Crippen molar-refractivity contribution in [3.8, 4) is 0 Å². The minimum Gasteiger partial charge on any atom is -0.355 e. The van der Waals surface area contributed by atoms with Gasteiger partial charge in [0.2, 0.25) is 0 Å². The van der Waals surface area contributed by atoms with Gasteiger partial charge in [0, 0.05) is 36.8 Å². The molecule has 29 heavy (non-hydrogen) atoms. The fourth-order valence-corrected chi connectivity index (χ4v) is 4.08. The number of anilines is 1. The van der Waals surface area contributed by atoms with E-state index in [4.69, 9.17) is 5.10 Å². The summed E-state index contributed by atoms with van der Waals surface area (Å²) in [5, 5.41) is 18.2. The molecule has 0 aromatic carbocycles. The van der Waals surface area contributed by atoms with Crippen LogP contribution in [0.2, 0.25) is 0 Å². The van der Waals surface area contributed by atoms with Gasteiger partial charge < -0.3 is 4.90 Å². The molecule has 1 saturated heterocycles. The molecule has 1 aliphatic rings. The summed E-state index contributed by atoms with van der Waals surface area (Å²) in [6, 6.07) is 6.17. The van der Waals surface area contributed by atoms with E-state index in [9.17, 15) is 0 Å². The molecular formula is C21H26N8. The number of aromatic nitrogens is 7. The summed E-state index contributed by atoms with van der Waals surface area (Å²) >= 11 is 0. The van der Waals surface area contributed by atoms with E-state index in [0.717, 1.165) is 60.1 Å². The van der Waals surface area contributed by atoms with Gasteiger partial charge in [-0.2, -0.15) is 14.7 Å². The van der Waals surface area contributed by atoms with E-state index < -0.39 is 0 Å². The van der Waals surface area contributed by atoms with Crippen molar-refractivity contribution in [2.24, 2.45) is 0 Å². The van der Waals surface area contributed by atoms with Crippen molar-refractivity contribution in [2.75, 3.05) is 18.0 Å². The van der Waals surface area contributed by atoms with Crippen LogP contribution >= 0.6 is 0 Å². The zero-order chi connectivity index (χ0) is 20.2. The van der Waals surface area contributed by atoms with Crippen LogP contribution in [-0.2, 0) is 5.41 Å². The molecule has 1 fully saturated rings. The van der Waals surface area contributed by atoms with Crippen LogP contribution in [0.4, 0.5) is 5.82 Å². The predicted octanol–water partition coefficient (Wildman–Crippen LogP) is 3.16. The smallest absolute Gasteiger partial charge is 0.177 e. The maximum absolute atomic E-state index is 4.86. The third-order valence-corrected chi connectivity index (χ3v) is 5.71. The Morgan fingerprint density at radius 3 is 2.59 bits per heavy atom. The third-order valence-electron chi connectivity index (χ3n) is 5.71. The first-order valence-corrected chi connectivity index (χ1v) is 10.2. The minimum atomic E-state index is -0.00712. The molecule has 0 spiro atoms. The molecule has 0 unspecified atom stereocenters. The van der Waals surface area contributed by atoms with Gasteiger partial charge >= 0.3 is 0 Å². The van der Waals surface area contributed by atoms with Gasteiger partial charge in [-0.1, -0.05) is 20.8 Å². The zero-order valence-electron chi connectivity index (χ0n) is 17.4. The SMILES string of the molecule is Cc1cc2c(N3CCC(c4nnc5ccc(C(C)(C)C)nn45)CC3)nccn2n1. The van der Waals surface area contributed by atoms with Gasteiger partial charge in [-0.3, -0.25) is 0 Å². The second-order valence-corrected chi connectivity index (χ2v) is 8.92. The Morgan fingerprint density at radius 2 is 1.83 bits per heavy atom. The van der Waals surface area contributed by atoms with E-state index >= 15 is 0 Å². The summed E-state index contributed by atoms with van der Waals surface area (Å²) in [5.74, 6) is 2.32. The fraction of sp³-hybridized carbons (Fsp3) is 0.476. The van der Waals surface area contributed by atoms with Crippen molar-refractivity contribution in [1.82, 2.24) is 34.4 Å². The Kier molecular flexibility index (Phi) is 4.04. The number of piperidine rings is 1. The van der Waals surface area contributed by atoms with Gasteiger partial charge in [-0.25, -0.2) is 9.50 Å². The number of hydrogen-bond acceptors (Lipinski definition) is 6. The molecule has 5 rings (SSSR count). The summed E-state index contributed by atoms with van der Waals surface area (Å²) in [6.07, 6.45) is 5.72. The van der Waals surface area contributed by atoms with Crippen LogP contribution in [0.5, 0.6) is 0 Å². The second kappa shape index (κ2) is 6.50. The Labute approximate surface area is 169 Å². The van der Waals surface area contributed by atoms with Gasteiger partial charge in [0.05, 0.1) is 11.4 Å². The molecule has 4 aromatic heterocycles. The molecular weight excluding hydrogens is 364 g/mol. The van der Waals surface area contributed by atoms with E-state index in [1.54, 1.807) is 0 Å². The van der Waals surface area contributed by atoms with Gasteiger partial charge in [0.25, 0.3) is 0 Å². The second-order valence-electron chi connectivity index (χ2n) is 8.92. The molecule has 8 heteroatoms. The molecule has 4 aromatic rings. The Bertz CT molecular complexity index is 1170. The Hall–Kier alpha value is -3.03. The monoisotopic (exact) mass is 390 g/mol. The van der Waals surface area contributed by atoms with Crippen molar-refractivity contribution in [2.45, 2.75) is 51.9 Å². The number of hydrogen-bond donors (Lipinski definition) is 0. The standard InChI is InChI=1S/C21H26N8/c1-14-13-16-20(22-9-12-28(16)25-14)27-10-7-15(8-11-27)19-24-23-18-6-5-17(21(2,3)4)26-29(18)19/h5-6,9,12-13,15H,7-8,10-11H2,1-4H3. The first kappa shape index (κ1) is 18.0. The van der Waals surface area contributed by atoms with E-state index in [1.807, 2.05) is 34.4 Å². The molecule has 1 aliphatic heterocycles. The van der Waals surface area contributed by atoms with Crippen molar-refractivity contribution in [3.05, 3.63) is 47.8 Å². The largest absolute Gasteiger partial charge is 0.355 e. The van der Waals surface area contributed by atoms with Gasteiger partial charge in [0.15, 0.2) is 17.3 Å². The highest BCUT2D eigenvalue weighted by Crippen LogP contribution is 2.31. The lowest BCUT2D eigenvalue weighted by Crippen LogP contribution is -2.34. The summed E-state index contributed by atoms with van der Waals surface area (Å²) in [4.78, 5) is 6.99. The lowest BCUT2D eigenvalue weighted by molar-refractivity contribution is 0.471. The van der Waals surface area contributed by atoms with Crippen molar-refractivity contribution < 1.29 is 0 Å². The normalized spacial score (nSPS) is 16.2. The summed E-state index contributed by atoms with van der Waals surface area (Å²) in [6.45, 7) is 10.4. The number of nitrogens with zero attached hydrogens (tertiary/aromatic N) is 8. The van der Waals surface area contributed by atoms with Crippen LogP contribution in [0.3, 0.4) is 0 Å². The van der Waals surface area contributed by atoms with E-state index in [0.29, 0.717) is 5.92 Å². The quantitative estimate of drug-likeness (QED) is 0.523. The highest BCUT2D eigenvalue weighted by atomic mass is 15.4. The molecule has 0 bridgehead atoms. The molecule has 8 nitrogen and oxygen atoms in total. The number of aryl methyl sites for hydroxylation is 1. The van der Waals surface area contributed by atoms with Crippen molar-refractivity contribution in [1.29, 1.82) is 0 Å². The third kappa shape index (κ3) is 3.12. The molecule has 150 valence electrons. The summed E-state index contributed by atoms with van der Waals surface area (Å²) < 4.78 is 3.86. The fourth-order valence-electron chi connectivity index (χ4n) is 4.08. The van der Waals surface area contributed by atoms with Crippen LogP contribution in [0, 0.1) is 6.92 Å². The van der Waals surface area contributed by atoms with Crippen LogP contribution in [0.1, 0.15) is 56.7 Å². The molecule has 0 aliphatic carbocycles. The number of fused-ring (bicyclic) bond motifs is 2. The Balaban J connectivity index is 1.40. The zero-order valence-corrected chi connectivity index (χ0v) is 17.4. The molecule has 0 radical (unpaired) electrons. The van der Waals surface area contributed by atoms with Crippen LogP contribution in [0.25, 0.3) is 11.2 Å². The van der Waals surface area contributed by atoms with Crippen molar-refractivity contribution >= 4 is 17.0 Å². The van der Waals surface area contributed by atoms with Crippen LogP contribution < -0.4 is 4.90 Å². The average Bonchev–Trinajstić information content (AvgIpc) is 3.29. The summed E-state index contributed by atoms with van der Waals surface area (Å²) in [7, 11) is 0. The van der Waals surface area contributed by atoms with Crippen molar-refractivity contribution in [3.63, 3.8) is 0 Å². The van der Waals surface area contributed by atoms with E-state index in [1.165, 1.54) is 0 Å². The highest BCUT2D eigenvalue weighted by molar-refractivity contribution is 5.69. The maximum Gasteiger partial charge on any atom is 0.177 e. The first-order valence-electron chi connectivity index (χ1n) is 10.2. The molecule has 0 atom stereocenters. The molecule has 0 saturated carbocycles.